The highest BCUT2D eigenvalue weighted by Gasteiger charge is 2.03. The largest absolute Gasteiger partial charge is 0.480 e. The van der Waals surface area contributed by atoms with Crippen LogP contribution in [0.3, 0.4) is 0 Å². The number of carbonyl (C=O) groups excluding carboxylic acids is 1. The number of para-hydroxylation sites is 1. The molecule has 5 heteroatoms. The van der Waals surface area contributed by atoms with Crippen LogP contribution in [0.15, 0.2) is 53.6 Å². The highest BCUT2D eigenvalue weighted by atomic mass is 35.5. The summed E-state index contributed by atoms with van der Waals surface area (Å²) in [7, 11) is 0. The Balaban J connectivity index is 1.92. The molecule has 0 saturated heterocycles. The van der Waals surface area contributed by atoms with E-state index < -0.39 is 0 Å². The summed E-state index contributed by atoms with van der Waals surface area (Å²) in [5.41, 5.74) is 4.07. The Bertz CT molecular complexity index is 733. The minimum absolute atomic E-state index is 0.174. The average Bonchev–Trinajstić information content (AvgIpc) is 2.56. The number of terminal acetylenes is 1. The summed E-state index contributed by atoms with van der Waals surface area (Å²) in [6, 6.07) is 14.4. The molecule has 0 atom stereocenters. The second-order valence-corrected chi connectivity index (χ2v) is 5.06. The summed E-state index contributed by atoms with van der Waals surface area (Å²) in [5, 5.41) is 4.58. The van der Waals surface area contributed by atoms with Gasteiger partial charge in [0.1, 0.15) is 12.4 Å². The van der Waals surface area contributed by atoms with Crippen molar-refractivity contribution in [2.75, 3.05) is 6.61 Å². The summed E-state index contributed by atoms with van der Waals surface area (Å²) in [5.74, 6) is 2.80. The van der Waals surface area contributed by atoms with Crippen LogP contribution in [0.1, 0.15) is 11.1 Å². The first kappa shape index (κ1) is 16.6. The van der Waals surface area contributed by atoms with Crippen molar-refractivity contribution in [3.05, 3.63) is 64.7 Å². The lowest BCUT2D eigenvalue weighted by atomic mass is 10.1. The van der Waals surface area contributed by atoms with Crippen molar-refractivity contribution in [3.8, 4) is 18.1 Å². The van der Waals surface area contributed by atoms with Gasteiger partial charge in [-0.3, -0.25) is 4.79 Å². The van der Waals surface area contributed by atoms with Crippen LogP contribution in [0.4, 0.5) is 0 Å². The van der Waals surface area contributed by atoms with Crippen LogP contribution in [-0.2, 0) is 11.2 Å². The number of rotatable bonds is 6. The first-order valence-corrected chi connectivity index (χ1v) is 7.28. The van der Waals surface area contributed by atoms with Crippen molar-refractivity contribution in [1.29, 1.82) is 0 Å². The third-order valence-electron chi connectivity index (χ3n) is 2.90. The molecular weight excluding hydrogens is 312 g/mol. The van der Waals surface area contributed by atoms with Crippen LogP contribution in [-0.4, -0.2) is 18.7 Å². The molecule has 0 unspecified atom stereocenters. The summed E-state index contributed by atoms with van der Waals surface area (Å²) >= 11 is 5.80. The molecule has 0 aliphatic carbocycles. The lowest BCUT2D eigenvalue weighted by Crippen LogP contribution is -2.19. The monoisotopic (exact) mass is 326 g/mol. The molecule has 2 aromatic carbocycles. The molecule has 0 heterocycles. The molecule has 0 aromatic heterocycles. The number of hydrogen-bond acceptors (Lipinski definition) is 3. The van der Waals surface area contributed by atoms with Crippen molar-refractivity contribution < 1.29 is 9.53 Å². The Labute approximate surface area is 140 Å². The van der Waals surface area contributed by atoms with Gasteiger partial charge in [0.15, 0.2) is 0 Å². The summed E-state index contributed by atoms with van der Waals surface area (Å²) in [4.78, 5) is 11.8. The predicted molar refractivity (Wildman–Crippen MR) is 91.7 cm³/mol. The first-order valence-electron chi connectivity index (χ1n) is 6.90. The van der Waals surface area contributed by atoms with E-state index in [1.165, 1.54) is 6.21 Å². The van der Waals surface area contributed by atoms with E-state index in [2.05, 4.69) is 16.4 Å². The van der Waals surface area contributed by atoms with Crippen molar-refractivity contribution in [3.63, 3.8) is 0 Å². The summed E-state index contributed by atoms with van der Waals surface area (Å²) in [6.45, 7) is 0.174. The first-order chi connectivity index (χ1) is 11.2. The Hall–Kier alpha value is -2.77. The number of halogens is 1. The van der Waals surface area contributed by atoms with Crippen LogP contribution in [0.25, 0.3) is 0 Å². The van der Waals surface area contributed by atoms with Gasteiger partial charge in [-0.05, 0) is 29.8 Å². The van der Waals surface area contributed by atoms with Crippen molar-refractivity contribution >= 4 is 23.7 Å². The third-order valence-corrected chi connectivity index (χ3v) is 3.15. The number of benzene rings is 2. The fourth-order valence-corrected chi connectivity index (χ4v) is 1.97. The van der Waals surface area contributed by atoms with Crippen LogP contribution in [0.5, 0.6) is 5.75 Å². The van der Waals surface area contributed by atoms with Crippen LogP contribution in [0, 0.1) is 12.3 Å². The number of hydrogen-bond donors (Lipinski definition) is 1. The van der Waals surface area contributed by atoms with Gasteiger partial charge in [-0.2, -0.15) is 5.10 Å². The van der Waals surface area contributed by atoms with E-state index in [0.717, 1.165) is 11.1 Å². The Kier molecular flexibility index (Phi) is 6.22. The smallest absolute Gasteiger partial charge is 0.244 e. The SMILES string of the molecule is C#CCOc1ccccc1/C=N/NC(=O)Cc1ccc(Cl)cc1. The van der Waals surface area contributed by atoms with Crippen LogP contribution >= 0.6 is 11.6 Å². The summed E-state index contributed by atoms with van der Waals surface area (Å²) < 4.78 is 5.40. The lowest BCUT2D eigenvalue weighted by molar-refractivity contribution is -0.120. The van der Waals surface area contributed by atoms with E-state index in [1.807, 2.05) is 18.2 Å². The molecule has 1 amide bonds. The second-order valence-electron chi connectivity index (χ2n) is 4.63. The topological polar surface area (TPSA) is 50.7 Å². The maximum atomic E-state index is 11.8. The molecule has 0 fully saturated rings. The van der Waals surface area contributed by atoms with Crippen molar-refractivity contribution in [2.24, 2.45) is 5.10 Å². The van der Waals surface area contributed by atoms with Gasteiger partial charge in [0.2, 0.25) is 5.91 Å². The van der Waals surface area contributed by atoms with E-state index in [9.17, 15) is 4.79 Å². The molecule has 1 N–H and O–H groups in total. The van der Waals surface area contributed by atoms with Gasteiger partial charge in [0, 0.05) is 10.6 Å². The zero-order valence-corrected chi connectivity index (χ0v) is 13.1. The summed E-state index contributed by atoms with van der Waals surface area (Å²) in [6.07, 6.45) is 6.92. The quantitative estimate of drug-likeness (QED) is 0.504. The highest BCUT2D eigenvalue weighted by Crippen LogP contribution is 2.15. The average molecular weight is 327 g/mol. The second kappa shape index (κ2) is 8.62. The Morgan fingerprint density at radius 1 is 1.26 bits per heavy atom. The van der Waals surface area contributed by atoms with E-state index in [1.54, 1.807) is 30.3 Å². The van der Waals surface area contributed by atoms with E-state index in [-0.39, 0.29) is 18.9 Å². The fraction of sp³-hybridized carbons (Fsp3) is 0.111. The predicted octanol–water partition coefficient (Wildman–Crippen LogP) is 3.04. The standard InChI is InChI=1S/C18H15ClN2O2/c1-2-11-23-17-6-4-3-5-15(17)13-20-21-18(22)12-14-7-9-16(19)10-8-14/h1,3-10,13H,11-12H2,(H,21,22)/b20-13+. The maximum absolute atomic E-state index is 11.8. The molecular formula is C18H15ClN2O2. The van der Waals surface area contributed by atoms with Gasteiger partial charge in [-0.25, -0.2) is 5.43 Å². The third kappa shape index (κ3) is 5.50. The normalized spacial score (nSPS) is 10.3. The molecule has 23 heavy (non-hydrogen) atoms. The number of hydrazone groups is 1. The number of ether oxygens (including phenoxy) is 1. The molecule has 0 aliphatic heterocycles. The molecule has 2 rings (SSSR count). The van der Waals surface area contributed by atoms with E-state index in [4.69, 9.17) is 22.8 Å². The van der Waals surface area contributed by atoms with E-state index >= 15 is 0 Å². The van der Waals surface area contributed by atoms with Gasteiger partial charge in [0.05, 0.1) is 12.6 Å². The highest BCUT2D eigenvalue weighted by molar-refractivity contribution is 6.30. The zero-order valence-electron chi connectivity index (χ0n) is 12.3. The van der Waals surface area contributed by atoms with Crippen molar-refractivity contribution in [2.45, 2.75) is 6.42 Å². The lowest BCUT2D eigenvalue weighted by Gasteiger charge is -2.05. The number of nitrogens with one attached hydrogen (secondary N) is 1. The molecule has 0 saturated carbocycles. The van der Waals surface area contributed by atoms with Gasteiger partial charge >= 0.3 is 0 Å². The molecule has 2 aromatic rings. The van der Waals surface area contributed by atoms with Gasteiger partial charge in [-0.15, -0.1) is 6.42 Å². The molecule has 4 nitrogen and oxygen atoms in total. The molecule has 0 spiro atoms. The molecule has 0 bridgehead atoms. The Morgan fingerprint density at radius 3 is 2.74 bits per heavy atom. The van der Waals surface area contributed by atoms with Crippen molar-refractivity contribution in [1.82, 2.24) is 5.43 Å². The molecule has 116 valence electrons. The number of carbonyl (C=O) groups is 1. The minimum atomic E-state index is -0.217. The molecule has 0 radical (unpaired) electrons. The number of nitrogens with zero attached hydrogens (tertiary/aromatic N) is 1. The molecule has 0 aliphatic rings. The van der Waals surface area contributed by atoms with E-state index in [0.29, 0.717) is 10.8 Å². The van der Waals surface area contributed by atoms with Gasteiger partial charge < -0.3 is 4.74 Å². The van der Waals surface area contributed by atoms with Crippen LogP contribution in [0.2, 0.25) is 5.02 Å². The van der Waals surface area contributed by atoms with Gasteiger partial charge in [-0.1, -0.05) is 41.8 Å². The Morgan fingerprint density at radius 2 is 2.00 bits per heavy atom. The van der Waals surface area contributed by atoms with Crippen LogP contribution < -0.4 is 10.2 Å². The fourth-order valence-electron chi connectivity index (χ4n) is 1.84. The number of amides is 1. The maximum Gasteiger partial charge on any atom is 0.244 e. The van der Waals surface area contributed by atoms with Gasteiger partial charge in [0.25, 0.3) is 0 Å². The minimum Gasteiger partial charge on any atom is -0.480 e. The zero-order chi connectivity index (χ0) is 16.5.